The number of carbonyl (C=O) groups is 1. The van der Waals surface area contributed by atoms with Gasteiger partial charge in [-0.3, -0.25) is 4.79 Å². The number of nitrogens with zero attached hydrogens (tertiary/aromatic N) is 3. The van der Waals surface area contributed by atoms with Crippen molar-refractivity contribution in [3.63, 3.8) is 0 Å². The average molecular weight is 1120 g/mol. The number of likely N-dealkylation sites (tertiary alicyclic amines) is 1. The number of benzene rings is 2. The number of piperidine rings is 2. The Morgan fingerprint density at radius 2 is 1.22 bits per heavy atom. The third-order valence-corrected chi connectivity index (χ3v) is 10.4. The van der Waals surface area contributed by atoms with Crippen LogP contribution in [0.5, 0.6) is 0 Å². The van der Waals surface area contributed by atoms with Gasteiger partial charge in [-0.05, 0) is 127 Å². The Hall–Kier alpha value is 1.26. The Kier molecular flexibility index (Phi) is 26.9. The summed E-state index contributed by atoms with van der Waals surface area (Å²) in [5.74, 6) is 0. The molecule has 2 aliphatic heterocycles. The van der Waals surface area contributed by atoms with E-state index in [-0.39, 0.29) is 111 Å². The fourth-order valence-electron chi connectivity index (χ4n) is 6.24. The molecular formula is C35H45BrF6I2K2N6O3. The molecule has 0 spiro atoms. The second-order valence-corrected chi connectivity index (χ2v) is 15.6. The van der Waals surface area contributed by atoms with Crippen molar-refractivity contribution in [1.82, 2.24) is 19.4 Å². The minimum Gasteiger partial charge on any atom is -1.00 e. The van der Waals surface area contributed by atoms with Gasteiger partial charge in [-0.25, -0.2) is 0 Å². The van der Waals surface area contributed by atoms with Crippen molar-refractivity contribution in [3.05, 3.63) is 55.9 Å². The first-order valence-corrected chi connectivity index (χ1v) is 20.4. The van der Waals surface area contributed by atoms with Gasteiger partial charge in [0.2, 0.25) is 0 Å². The number of rotatable bonds is 8. The summed E-state index contributed by atoms with van der Waals surface area (Å²) in [4.78, 5) is 13.7. The summed E-state index contributed by atoms with van der Waals surface area (Å²) >= 11 is 7.09. The molecule has 55 heavy (non-hydrogen) atoms. The van der Waals surface area contributed by atoms with Gasteiger partial charge in [0, 0.05) is 52.7 Å². The Labute approximate surface area is 440 Å². The molecule has 298 valence electrons. The van der Waals surface area contributed by atoms with Crippen LogP contribution < -0.4 is 124 Å². The minimum atomic E-state index is -4.22. The van der Waals surface area contributed by atoms with Gasteiger partial charge in [0.1, 0.15) is 13.1 Å². The molecule has 0 atom stereocenters. The van der Waals surface area contributed by atoms with E-state index >= 15 is 0 Å². The largest absolute Gasteiger partial charge is 1.00 e. The number of aromatic nitrogens is 2. The van der Waals surface area contributed by atoms with Crippen molar-refractivity contribution in [2.24, 2.45) is 0 Å². The molecule has 20 heteroatoms. The van der Waals surface area contributed by atoms with Crippen LogP contribution in [-0.2, 0) is 22.8 Å². The maximum absolute atomic E-state index is 12.8. The molecule has 2 fully saturated rings. The number of carbonyl (C=O) groups excluding carboxylic acids is 1. The van der Waals surface area contributed by atoms with Gasteiger partial charge < -0.3 is 41.6 Å². The van der Waals surface area contributed by atoms with Crippen LogP contribution in [0.2, 0.25) is 0 Å². The van der Waals surface area contributed by atoms with E-state index in [1.54, 1.807) is 12.1 Å². The molecule has 0 amide bonds. The van der Waals surface area contributed by atoms with Gasteiger partial charge in [-0.15, -0.1) is 0 Å². The van der Waals surface area contributed by atoms with Gasteiger partial charge in [-0.1, -0.05) is 41.9 Å². The summed E-state index contributed by atoms with van der Waals surface area (Å²) in [6.07, 6.45) is -4.27. The fraction of sp³-hybridized carbons (Fsp3) is 0.514. The first kappa shape index (κ1) is 54.3. The molecule has 4 aromatic rings. The Balaban J connectivity index is 0.000000888. The third-order valence-electron chi connectivity index (χ3n) is 8.60. The fourth-order valence-corrected chi connectivity index (χ4v) is 7.72. The molecule has 0 saturated carbocycles. The zero-order chi connectivity index (χ0) is 39.2. The van der Waals surface area contributed by atoms with Crippen LogP contribution in [0.1, 0.15) is 41.0 Å². The van der Waals surface area contributed by atoms with Crippen molar-refractivity contribution in [3.8, 4) is 0 Å². The molecule has 2 aliphatic rings. The molecule has 6 rings (SSSR count). The zero-order valence-electron chi connectivity index (χ0n) is 32.3. The number of nitrogens with one attached hydrogen (secondary N) is 3. The van der Waals surface area contributed by atoms with E-state index in [4.69, 9.17) is 10.1 Å². The van der Waals surface area contributed by atoms with Crippen LogP contribution in [0.25, 0.3) is 21.8 Å². The molecule has 2 aromatic heterocycles. The SMILES string of the molecule is CCBr.CCN1CCC(Nc2cccc3c2cc(I)n3CC(F)(F)F)CC1.FC(F)(F)Cn1c(I)cc2c(NC3CCNCC3)cccc21.O=CO[O-].[H-].[K+].[K+]. The van der Waals surface area contributed by atoms with Crippen LogP contribution >= 0.6 is 61.1 Å². The van der Waals surface area contributed by atoms with Gasteiger partial charge in [-0.2, -0.15) is 26.3 Å². The molecule has 0 unspecified atom stereocenters. The molecule has 2 saturated heterocycles. The average Bonchev–Trinajstić information content (AvgIpc) is 3.60. The topological polar surface area (TPSA) is 98.5 Å². The van der Waals surface area contributed by atoms with Crippen LogP contribution in [-0.4, -0.2) is 83.0 Å². The second kappa shape index (κ2) is 27.3. The molecule has 2 aromatic carbocycles. The van der Waals surface area contributed by atoms with Crippen molar-refractivity contribution < 1.29 is 145 Å². The number of anilines is 2. The standard InChI is InChI=1S/C17H21F3IN3.C15H17F3IN3.C2H5Br.CH2O3.2K.H/c1-2-23-8-6-12(7-9-23)22-14-4-3-5-15-13(14)10-16(21)24(15)11-17(18,19)20;16-15(17,18)9-22-13-3-1-2-12(11(13)8-14(22)19)21-10-4-6-20-7-5-10;1-2-3;2-1-4-3;;;/h3-5,10,12,22H,2,6-9,11H2,1H3;1-3,8,10,20-21H,4-7,9H2;2H2,1H3;1,3H;;;/q;;;;2*+1;-1/p-1. The molecule has 0 aliphatic carbocycles. The molecule has 0 bridgehead atoms. The summed E-state index contributed by atoms with van der Waals surface area (Å²) in [5, 5.41) is 21.6. The summed E-state index contributed by atoms with van der Waals surface area (Å²) in [6.45, 7) is 7.27. The molecule has 3 N–H and O–H groups in total. The maximum atomic E-state index is 12.8. The number of fused-ring (bicyclic) bond motifs is 2. The van der Waals surface area contributed by atoms with E-state index < -0.39 is 25.4 Å². The number of alkyl halides is 7. The number of halogens is 9. The predicted octanol–water partition coefficient (Wildman–Crippen LogP) is 2.63. The zero-order valence-corrected chi connectivity index (χ0v) is 43.5. The summed E-state index contributed by atoms with van der Waals surface area (Å²) < 4.78 is 80.6. The first-order valence-electron chi connectivity index (χ1n) is 17.1. The Bertz CT molecular complexity index is 1730. The van der Waals surface area contributed by atoms with Gasteiger partial charge in [0.25, 0.3) is 6.47 Å². The minimum absolute atomic E-state index is 0. The van der Waals surface area contributed by atoms with Crippen LogP contribution in [0.3, 0.4) is 0 Å². The predicted molar refractivity (Wildman–Crippen MR) is 217 cm³/mol. The van der Waals surface area contributed by atoms with E-state index in [2.05, 4.69) is 48.6 Å². The normalized spacial score (nSPS) is 15.2. The monoisotopic (exact) mass is 1120 g/mol. The molecular weight excluding hydrogens is 1080 g/mol. The molecule has 4 heterocycles. The molecule has 0 radical (unpaired) electrons. The van der Waals surface area contributed by atoms with Crippen molar-refractivity contribution in [2.75, 3.05) is 48.7 Å². The van der Waals surface area contributed by atoms with Gasteiger partial charge >= 0.3 is 115 Å². The molecule has 9 nitrogen and oxygen atoms in total. The van der Waals surface area contributed by atoms with E-state index in [0.717, 1.165) is 85.9 Å². The number of hydrogen-bond acceptors (Lipinski definition) is 7. The van der Waals surface area contributed by atoms with E-state index in [1.165, 1.54) is 9.13 Å². The van der Waals surface area contributed by atoms with Crippen LogP contribution in [0.4, 0.5) is 37.7 Å². The number of hydrogen-bond donors (Lipinski definition) is 3. The van der Waals surface area contributed by atoms with E-state index in [1.807, 2.05) is 88.5 Å². The Morgan fingerprint density at radius 1 is 0.836 bits per heavy atom. The summed E-state index contributed by atoms with van der Waals surface area (Å²) in [5.41, 5.74) is 3.11. The maximum Gasteiger partial charge on any atom is 1.00 e. The summed E-state index contributed by atoms with van der Waals surface area (Å²) in [7, 11) is 0. The van der Waals surface area contributed by atoms with E-state index in [9.17, 15) is 26.3 Å². The van der Waals surface area contributed by atoms with Crippen molar-refractivity contribution in [2.45, 2.75) is 77.1 Å². The van der Waals surface area contributed by atoms with E-state index in [0.29, 0.717) is 30.5 Å². The Morgan fingerprint density at radius 3 is 1.56 bits per heavy atom. The smallest absolute Gasteiger partial charge is 1.00 e. The third kappa shape index (κ3) is 18.4. The van der Waals surface area contributed by atoms with Gasteiger partial charge in [0.15, 0.2) is 0 Å². The van der Waals surface area contributed by atoms with Crippen molar-refractivity contribution in [1.29, 1.82) is 0 Å². The second-order valence-electron chi connectivity index (χ2n) is 12.3. The summed E-state index contributed by atoms with van der Waals surface area (Å²) in [6, 6.07) is 15.5. The van der Waals surface area contributed by atoms with Crippen molar-refractivity contribution >= 4 is 101 Å². The van der Waals surface area contributed by atoms with Crippen LogP contribution in [0.15, 0.2) is 48.5 Å². The van der Waals surface area contributed by atoms with Gasteiger partial charge in [0.05, 0.1) is 18.4 Å². The van der Waals surface area contributed by atoms with Crippen LogP contribution in [0, 0.1) is 7.40 Å². The quantitative estimate of drug-likeness (QED) is 0.0476. The first-order chi connectivity index (χ1) is 25.1.